The fraction of sp³-hybridized carbons (Fsp3) is 0.364. The van der Waals surface area contributed by atoms with Gasteiger partial charge in [-0.15, -0.1) is 0 Å². The fourth-order valence-electron chi connectivity index (χ4n) is 1.60. The van der Waals surface area contributed by atoms with Gasteiger partial charge in [0.15, 0.2) is 5.58 Å². The monoisotopic (exact) mass is 259 g/mol. The molecule has 0 amide bonds. The number of fused-ring (bicyclic) bond motifs is 1. The highest BCUT2D eigenvalue weighted by molar-refractivity contribution is 5.78. The van der Waals surface area contributed by atoms with Gasteiger partial charge in [-0.1, -0.05) is 0 Å². The van der Waals surface area contributed by atoms with Gasteiger partial charge >= 0.3 is 6.18 Å². The number of alkyl halides is 3. The van der Waals surface area contributed by atoms with Crippen molar-refractivity contribution in [2.75, 3.05) is 23.7 Å². The van der Waals surface area contributed by atoms with Gasteiger partial charge in [-0.3, -0.25) is 0 Å². The van der Waals surface area contributed by atoms with Crippen molar-refractivity contribution in [3.63, 3.8) is 0 Å². The number of aromatic nitrogens is 1. The molecule has 1 heterocycles. The minimum atomic E-state index is -4.30. The lowest BCUT2D eigenvalue weighted by molar-refractivity contribution is -0.120. The lowest BCUT2D eigenvalue weighted by Gasteiger charge is -2.19. The van der Waals surface area contributed by atoms with Crippen molar-refractivity contribution in [2.45, 2.75) is 13.1 Å². The van der Waals surface area contributed by atoms with Crippen LogP contribution in [0.4, 0.5) is 24.9 Å². The summed E-state index contributed by atoms with van der Waals surface area (Å²) in [5, 5.41) is 0. The second-order valence-electron chi connectivity index (χ2n) is 3.85. The number of hydrogen-bond acceptors (Lipinski definition) is 4. The number of hydrogen-bond donors (Lipinski definition) is 1. The van der Waals surface area contributed by atoms with E-state index in [1.54, 1.807) is 25.1 Å². The number of halogens is 3. The van der Waals surface area contributed by atoms with Crippen LogP contribution < -0.4 is 10.6 Å². The molecule has 0 spiro atoms. The van der Waals surface area contributed by atoms with Crippen LogP contribution in [0.5, 0.6) is 0 Å². The van der Waals surface area contributed by atoms with Gasteiger partial charge in [0.25, 0.3) is 6.01 Å². The number of nitrogen functional groups attached to an aromatic ring is 1. The summed E-state index contributed by atoms with van der Waals surface area (Å²) in [6, 6.07) is 4.71. The van der Waals surface area contributed by atoms with Crippen molar-refractivity contribution < 1.29 is 17.6 Å². The number of anilines is 2. The molecule has 2 rings (SSSR count). The van der Waals surface area contributed by atoms with Gasteiger partial charge < -0.3 is 15.1 Å². The molecule has 0 atom stereocenters. The highest BCUT2D eigenvalue weighted by Gasteiger charge is 2.32. The first-order valence-electron chi connectivity index (χ1n) is 5.37. The SMILES string of the molecule is CCN(CC(F)(F)F)c1nc2cc(N)ccc2o1. The van der Waals surface area contributed by atoms with Crippen LogP contribution in [0.1, 0.15) is 6.92 Å². The highest BCUT2D eigenvalue weighted by atomic mass is 19.4. The molecule has 4 nitrogen and oxygen atoms in total. The van der Waals surface area contributed by atoms with Crippen LogP contribution in [0.25, 0.3) is 11.1 Å². The molecular weight excluding hydrogens is 247 g/mol. The topological polar surface area (TPSA) is 55.3 Å². The molecule has 2 N–H and O–H groups in total. The Kier molecular flexibility index (Phi) is 3.06. The minimum absolute atomic E-state index is 0.0459. The van der Waals surface area contributed by atoms with E-state index >= 15 is 0 Å². The molecule has 0 aliphatic carbocycles. The molecule has 0 saturated carbocycles. The smallest absolute Gasteiger partial charge is 0.406 e. The molecule has 18 heavy (non-hydrogen) atoms. The Labute approximate surface area is 101 Å². The molecule has 1 aromatic heterocycles. The van der Waals surface area contributed by atoms with E-state index in [0.29, 0.717) is 16.8 Å². The predicted molar refractivity (Wildman–Crippen MR) is 62.4 cm³/mol. The van der Waals surface area contributed by atoms with Crippen LogP contribution in [0.3, 0.4) is 0 Å². The second-order valence-corrected chi connectivity index (χ2v) is 3.85. The summed E-state index contributed by atoms with van der Waals surface area (Å²) in [6.07, 6.45) is -4.30. The normalized spacial score (nSPS) is 12.0. The summed E-state index contributed by atoms with van der Waals surface area (Å²) >= 11 is 0. The summed E-state index contributed by atoms with van der Waals surface area (Å²) in [5.74, 6) is 0. The quantitative estimate of drug-likeness (QED) is 0.861. The van der Waals surface area contributed by atoms with E-state index in [4.69, 9.17) is 10.2 Å². The van der Waals surface area contributed by atoms with E-state index < -0.39 is 12.7 Å². The van der Waals surface area contributed by atoms with Crippen molar-refractivity contribution in [2.24, 2.45) is 0 Å². The number of oxazole rings is 1. The Bertz CT molecular complexity index is 550. The van der Waals surface area contributed by atoms with Crippen LogP contribution in [0, 0.1) is 0 Å². The van der Waals surface area contributed by atoms with Gasteiger partial charge in [-0.05, 0) is 25.1 Å². The van der Waals surface area contributed by atoms with Crippen molar-refractivity contribution in [1.29, 1.82) is 0 Å². The fourth-order valence-corrected chi connectivity index (χ4v) is 1.60. The molecule has 0 unspecified atom stereocenters. The number of benzene rings is 1. The van der Waals surface area contributed by atoms with Crippen molar-refractivity contribution in [1.82, 2.24) is 4.98 Å². The molecule has 2 aromatic rings. The zero-order valence-electron chi connectivity index (χ0n) is 9.66. The third-order valence-electron chi connectivity index (χ3n) is 2.42. The van der Waals surface area contributed by atoms with Crippen molar-refractivity contribution >= 4 is 22.8 Å². The first kappa shape index (κ1) is 12.5. The van der Waals surface area contributed by atoms with Gasteiger partial charge in [0.05, 0.1) is 0 Å². The molecule has 0 fully saturated rings. The molecule has 1 aromatic carbocycles. The van der Waals surface area contributed by atoms with Gasteiger partial charge in [0.1, 0.15) is 12.1 Å². The first-order valence-corrected chi connectivity index (χ1v) is 5.37. The third-order valence-corrected chi connectivity index (χ3v) is 2.42. The minimum Gasteiger partial charge on any atom is -0.423 e. The molecule has 0 saturated heterocycles. The molecule has 0 radical (unpaired) electrons. The number of nitrogens with two attached hydrogens (primary N) is 1. The maximum absolute atomic E-state index is 12.4. The summed E-state index contributed by atoms with van der Waals surface area (Å²) in [5.41, 5.74) is 6.92. The molecule has 0 bridgehead atoms. The first-order chi connectivity index (χ1) is 8.39. The van der Waals surface area contributed by atoms with E-state index in [0.717, 1.165) is 4.90 Å². The summed E-state index contributed by atoms with van der Waals surface area (Å²) in [4.78, 5) is 5.03. The van der Waals surface area contributed by atoms with Gasteiger partial charge in [-0.25, -0.2) is 0 Å². The molecule has 98 valence electrons. The van der Waals surface area contributed by atoms with E-state index in [-0.39, 0.29) is 12.6 Å². The Morgan fingerprint density at radius 1 is 1.39 bits per heavy atom. The van der Waals surface area contributed by atoms with Gasteiger partial charge in [-0.2, -0.15) is 18.2 Å². The van der Waals surface area contributed by atoms with Gasteiger partial charge in [0.2, 0.25) is 0 Å². The number of rotatable bonds is 3. The Morgan fingerprint density at radius 2 is 2.11 bits per heavy atom. The Morgan fingerprint density at radius 3 is 2.72 bits per heavy atom. The molecule has 0 aliphatic rings. The van der Waals surface area contributed by atoms with Gasteiger partial charge in [0, 0.05) is 12.2 Å². The van der Waals surface area contributed by atoms with Crippen LogP contribution >= 0.6 is 0 Å². The lowest BCUT2D eigenvalue weighted by Crippen LogP contribution is -2.34. The van der Waals surface area contributed by atoms with E-state index in [2.05, 4.69) is 4.98 Å². The standard InChI is InChI=1S/C11H12F3N3O/c1-2-17(6-11(12,13)14)10-16-8-5-7(15)3-4-9(8)18-10/h3-5H,2,6,15H2,1H3. The molecular formula is C11H12F3N3O. The van der Waals surface area contributed by atoms with E-state index in [1.807, 2.05) is 0 Å². The maximum atomic E-state index is 12.4. The third kappa shape index (κ3) is 2.66. The van der Waals surface area contributed by atoms with Crippen LogP contribution in [-0.2, 0) is 0 Å². The largest absolute Gasteiger partial charge is 0.423 e. The average molecular weight is 259 g/mol. The predicted octanol–water partition coefficient (Wildman–Crippen LogP) is 2.80. The summed E-state index contributed by atoms with van der Waals surface area (Å²) in [7, 11) is 0. The maximum Gasteiger partial charge on any atom is 0.406 e. The zero-order valence-corrected chi connectivity index (χ0v) is 9.66. The van der Waals surface area contributed by atoms with Crippen LogP contribution in [-0.4, -0.2) is 24.2 Å². The molecule has 7 heteroatoms. The lowest BCUT2D eigenvalue weighted by atomic mass is 10.3. The summed E-state index contributed by atoms with van der Waals surface area (Å²) in [6.45, 7) is 0.669. The summed E-state index contributed by atoms with van der Waals surface area (Å²) < 4.78 is 42.4. The molecule has 0 aliphatic heterocycles. The van der Waals surface area contributed by atoms with E-state index in [9.17, 15) is 13.2 Å². The second kappa shape index (κ2) is 4.40. The van der Waals surface area contributed by atoms with Crippen molar-refractivity contribution in [3.8, 4) is 0 Å². The number of nitrogens with zero attached hydrogens (tertiary/aromatic N) is 2. The highest BCUT2D eigenvalue weighted by Crippen LogP contribution is 2.26. The van der Waals surface area contributed by atoms with Crippen LogP contribution in [0.15, 0.2) is 22.6 Å². The Hall–Kier alpha value is -1.92. The van der Waals surface area contributed by atoms with Crippen molar-refractivity contribution in [3.05, 3.63) is 18.2 Å². The van der Waals surface area contributed by atoms with Crippen LogP contribution in [0.2, 0.25) is 0 Å². The Balaban J connectivity index is 2.34. The van der Waals surface area contributed by atoms with E-state index in [1.165, 1.54) is 0 Å². The average Bonchev–Trinajstić information content (AvgIpc) is 2.67. The zero-order chi connectivity index (χ0) is 13.3.